The number of fused-ring (bicyclic) bond motifs is 1. The molecule has 3 atom stereocenters. The molecule has 2 aromatic heterocycles. The van der Waals surface area contributed by atoms with Gasteiger partial charge in [0.1, 0.15) is 17.8 Å². The van der Waals surface area contributed by atoms with Crippen molar-refractivity contribution >= 4 is 98.1 Å². The lowest BCUT2D eigenvalue weighted by atomic mass is 10.1. The largest absolute Gasteiger partial charge is 0.494 e. The van der Waals surface area contributed by atoms with E-state index in [1.54, 1.807) is 49.8 Å². The van der Waals surface area contributed by atoms with Crippen LogP contribution < -0.4 is 42.0 Å². The molecule has 2 fully saturated rings. The third-order valence-corrected chi connectivity index (χ3v) is 20.1. The van der Waals surface area contributed by atoms with Gasteiger partial charge in [0.05, 0.1) is 135 Å². The second-order valence-corrected chi connectivity index (χ2v) is 30.0. The van der Waals surface area contributed by atoms with Crippen LogP contribution in [0.2, 0.25) is 0 Å². The summed E-state index contributed by atoms with van der Waals surface area (Å²) in [7, 11) is 0. The number of amides is 9. The molecule has 0 bridgehead atoms. The van der Waals surface area contributed by atoms with Crippen LogP contribution in [0.1, 0.15) is 124 Å². The summed E-state index contributed by atoms with van der Waals surface area (Å²) < 4.78 is 42.2. The number of ether oxygens (including phenoxy) is 7. The van der Waals surface area contributed by atoms with Gasteiger partial charge in [0.25, 0.3) is 5.91 Å². The predicted molar refractivity (Wildman–Crippen MR) is 445 cm³/mol. The summed E-state index contributed by atoms with van der Waals surface area (Å²) in [6, 6.07) is 11.4. The van der Waals surface area contributed by atoms with Crippen molar-refractivity contribution in [2.75, 3.05) is 191 Å². The Labute approximate surface area is 718 Å². The second kappa shape index (κ2) is 59.6. The first kappa shape index (κ1) is 101. The maximum atomic E-state index is 13.8. The number of unbranched alkanes of at least 4 members (excludes halogenated alkanes) is 4. The fraction of sp³-hybridized carbons (Fsp3) is 0.630. The number of urea groups is 1. The van der Waals surface area contributed by atoms with Crippen molar-refractivity contribution in [2.24, 2.45) is 0 Å². The lowest BCUT2D eigenvalue weighted by Gasteiger charge is -2.24. The van der Waals surface area contributed by atoms with E-state index in [0.717, 1.165) is 16.5 Å². The quantitative estimate of drug-likeness (QED) is 0.0223. The molecular formula is C81H120BrN17O23. The van der Waals surface area contributed by atoms with E-state index in [4.69, 9.17) is 44.8 Å². The molecule has 0 radical (unpaired) electrons. The summed E-state index contributed by atoms with van der Waals surface area (Å²) in [5.74, 6) is -6.13. The zero-order valence-corrected chi connectivity index (χ0v) is 70.9. The van der Waals surface area contributed by atoms with E-state index in [9.17, 15) is 72.9 Å². The number of likely N-dealkylation sites (tertiary alicyclic amines) is 1. The van der Waals surface area contributed by atoms with Gasteiger partial charge in [0.15, 0.2) is 0 Å². The molecule has 6 rings (SSSR count). The van der Waals surface area contributed by atoms with Crippen molar-refractivity contribution in [1.29, 1.82) is 0 Å². The van der Waals surface area contributed by atoms with Crippen molar-refractivity contribution in [2.45, 2.75) is 140 Å². The number of pyridine rings is 1. The first-order chi connectivity index (χ1) is 59.0. The van der Waals surface area contributed by atoms with Crippen molar-refractivity contribution in [3.8, 4) is 5.75 Å². The molecule has 41 heteroatoms. The number of carboxylic acids is 4. The molecule has 11 N–H and O–H groups in total. The van der Waals surface area contributed by atoms with E-state index in [-0.39, 0.29) is 121 Å². The Bertz CT molecular complexity index is 3910. The maximum Gasteiger partial charge on any atom is 0.326 e. The van der Waals surface area contributed by atoms with Crippen LogP contribution in [0.3, 0.4) is 0 Å². The lowest BCUT2D eigenvalue weighted by Crippen LogP contribution is -2.47. The first-order valence-electron chi connectivity index (χ1n) is 41.6. The molecule has 2 saturated heterocycles. The second-order valence-electron chi connectivity index (χ2n) is 29.1. The van der Waals surface area contributed by atoms with Crippen molar-refractivity contribution in [3.05, 3.63) is 93.6 Å². The number of aryl methyl sites for hydroxylation is 1. The van der Waals surface area contributed by atoms with Crippen LogP contribution in [-0.4, -0.2) is 345 Å². The van der Waals surface area contributed by atoms with Crippen LogP contribution in [0.25, 0.3) is 15.7 Å². The Morgan fingerprint density at radius 3 is 1.80 bits per heavy atom. The Hall–Kier alpha value is -10.2. The van der Waals surface area contributed by atoms with Gasteiger partial charge in [-0.25, -0.2) is 20.8 Å². The fourth-order valence-corrected chi connectivity index (χ4v) is 13.2. The van der Waals surface area contributed by atoms with Crippen LogP contribution in [0, 0.1) is 6.57 Å². The van der Waals surface area contributed by atoms with Gasteiger partial charge in [0.2, 0.25) is 35.4 Å². The van der Waals surface area contributed by atoms with Crippen molar-refractivity contribution in [1.82, 2.24) is 81.7 Å². The number of nitrogens with zero attached hydrogens (tertiary/aromatic N) is 10. The van der Waals surface area contributed by atoms with Crippen LogP contribution >= 0.6 is 15.9 Å². The average Bonchev–Trinajstić information content (AvgIpc) is 0.853. The standard InChI is InChI=1S/C81H120BrN17O23/c1-83-69-12-9-32-99(69)74(104)54-89-78(111)64-24-30-84-66-20-19-63(53-65(64)66)122-40-10-29-85-70(100)22-18-62-56-98(93-92-62)39-42-117-44-46-119-48-50-121-52-51-120-49-47-118-45-43-116-41-25-71(101)90-67(11-3-6-26-86-72(102)57-94-33-35-95(58-76(107)108)37-38-96(36-34-94)59-77(109)110)79(112)87-27-7-4-13-73(103)97(55-60-14-16-61(82)17-15-60)31-8-2-5-28-88-81(115)91-68(80(113)114)21-23-75(105)106/h14-17,19-20,24,30,53,56,67-69H,2-13,18,21-23,25-29,31-52,54-55,57-59H2,(H,85,100)(H,86,102)(H,87,112)(H,89,111)(H,90,101)(H,105,106)(H,107,108)(H,109,110)(H,113,114)(H2,88,91,115)/t67-,68-,69-/m0/s1. The molecule has 4 heterocycles. The normalized spacial score (nSPS) is 14.4. The first-order valence-corrected chi connectivity index (χ1v) is 42.3. The zero-order valence-electron chi connectivity index (χ0n) is 69.3. The number of benzene rings is 2. The highest BCUT2D eigenvalue weighted by Crippen LogP contribution is 2.24. The number of carbonyl (C=O) groups excluding carboxylic acids is 8. The van der Waals surface area contributed by atoms with Crippen LogP contribution in [0.4, 0.5) is 4.79 Å². The molecular weight excluding hydrogens is 1660 g/mol. The highest BCUT2D eigenvalue weighted by atomic mass is 79.9. The van der Waals surface area contributed by atoms with E-state index in [1.165, 1.54) is 11.1 Å². The van der Waals surface area contributed by atoms with Crippen molar-refractivity contribution < 1.29 is 111 Å². The predicted octanol–water partition coefficient (Wildman–Crippen LogP) is 2.16. The fourth-order valence-electron chi connectivity index (χ4n) is 12.9. The molecule has 4 aromatic rings. The number of halogens is 1. The Morgan fingerprint density at radius 2 is 1.16 bits per heavy atom. The minimum Gasteiger partial charge on any atom is -0.494 e. The third-order valence-electron chi connectivity index (χ3n) is 19.5. The summed E-state index contributed by atoms with van der Waals surface area (Å²) in [6.45, 7) is 15.6. The van der Waals surface area contributed by atoms with Crippen LogP contribution in [0.5, 0.6) is 5.75 Å². The molecule has 0 saturated carbocycles. The van der Waals surface area contributed by atoms with Gasteiger partial charge in [-0.1, -0.05) is 33.3 Å². The van der Waals surface area contributed by atoms with Crippen molar-refractivity contribution in [3.63, 3.8) is 0 Å². The molecule has 2 aliphatic heterocycles. The van der Waals surface area contributed by atoms with Gasteiger partial charge in [-0.3, -0.25) is 77.4 Å². The molecule has 40 nitrogen and oxygen atoms in total. The number of aliphatic carboxylic acids is 4. The average molecular weight is 1780 g/mol. The third kappa shape index (κ3) is 43.1. The number of nitrogens with one attached hydrogen (secondary N) is 7. The highest BCUT2D eigenvalue weighted by molar-refractivity contribution is 9.10. The molecule has 2 aliphatic rings. The number of hydrogen-bond acceptors (Lipinski definition) is 25. The molecule has 9 amide bonds. The topological polar surface area (TPSA) is 499 Å². The molecule has 0 aliphatic carbocycles. The Morgan fingerprint density at radius 1 is 0.557 bits per heavy atom. The molecule has 122 heavy (non-hydrogen) atoms. The molecule has 0 spiro atoms. The summed E-state index contributed by atoms with van der Waals surface area (Å²) in [6.07, 6.45) is 8.57. The number of aromatic nitrogens is 4. The summed E-state index contributed by atoms with van der Waals surface area (Å²) in [5.41, 5.74) is 2.50. The summed E-state index contributed by atoms with van der Waals surface area (Å²) >= 11 is 3.45. The van der Waals surface area contributed by atoms with Gasteiger partial charge in [0, 0.05) is 146 Å². The highest BCUT2D eigenvalue weighted by Gasteiger charge is 2.33. The minimum absolute atomic E-state index is 0.000815. The van der Waals surface area contributed by atoms with E-state index < -0.39 is 72.3 Å². The molecule has 2 aromatic carbocycles. The van der Waals surface area contributed by atoms with Crippen LogP contribution in [0.15, 0.2) is 65.4 Å². The summed E-state index contributed by atoms with van der Waals surface area (Å²) in [4.78, 5) is 167. The Balaban J connectivity index is 0.792. The van der Waals surface area contributed by atoms with Gasteiger partial charge >= 0.3 is 36.1 Å². The number of carbonyl (C=O) groups is 12. The SMILES string of the molecule is [C-]#[N+][C@@H]1CCCN1C(=O)CNC(=O)c1ccnc2ccc(OCCCNC(=O)CCc3cn(CCOCCOCCOCCOCCOCCOCCC(=O)N[C@@H](CCCCNC(=O)CN4CCN(CC(=O)O)CCN(CC(=O)O)CC4)C(=O)NCCCCC(=O)N(CCCCCNC(=O)N[C@@H](CCC(=O)O)C(=O)O)Cc4ccc(Br)cc4)nn3)cc12. The van der Waals surface area contributed by atoms with E-state index in [0.29, 0.717) is 230 Å². The Kier molecular flexibility index (Phi) is 49.1. The van der Waals surface area contributed by atoms with E-state index >= 15 is 0 Å². The van der Waals surface area contributed by atoms with Gasteiger partial charge in [-0.05, 0) is 113 Å². The monoisotopic (exact) mass is 1780 g/mol. The smallest absolute Gasteiger partial charge is 0.326 e. The zero-order chi connectivity index (χ0) is 87.9. The number of carboxylic acid groups (broad SMARTS) is 4. The molecule has 0 unspecified atom stereocenters. The van der Waals surface area contributed by atoms with Crippen LogP contribution in [-0.2, 0) is 95.9 Å². The lowest BCUT2D eigenvalue weighted by molar-refractivity contribution is -0.141. The maximum absolute atomic E-state index is 13.8. The van der Waals surface area contributed by atoms with E-state index in [2.05, 4.69) is 73.3 Å². The molecule has 674 valence electrons. The van der Waals surface area contributed by atoms with E-state index in [1.807, 2.05) is 29.2 Å². The number of rotatable bonds is 63. The van der Waals surface area contributed by atoms with Gasteiger partial charge in [-0.15, -0.1) is 5.10 Å². The van der Waals surface area contributed by atoms with Gasteiger partial charge in [-0.2, -0.15) is 0 Å². The van der Waals surface area contributed by atoms with Gasteiger partial charge < -0.3 is 95.7 Å². The summed E-state index contributed by atoms with van der Waals surface area (Å²) in [5, 5.41) is 65.1. The minimum atomic E-state index is -1.36. The number of hydrogen-bond donors (Lipinski definition) is 11.